The molecule has 0 aromatic heterocycles. The largest absolute Gasteiger partial charge is 0.241 e. The Kier molecular flexibility index (Phi) is 3.90. The molecule has 1 aliphatic rings. The van der Waals surface area contributed by atoms with Gasteiger partial charge in [0.15, 0.2) is 0 Å². The van der Waals surface area contributed by atoms with Crippen molar-refractivity contribution in [1.82, 2.24) is 4.72 Å². The number of aryl methyl sites for hydroxylation is 1. The zero-order valence-corrected chi connectivity index (χ0v) is 12.1. The summed E-state index contributed by atoms with van der Waals surface area (Å²) in [5.74, 6) is 0. The van der Waals surface area contributed by atoms with Crippen LogP contribution >= 0.6 is 15.9 Å². The highest BCUT2D eigenvalue weighted by atomic mass is 79.9. The molecule has 3 nitrogen and oxygen atoms in total. The molecule has 17 heavy (non-hydrogen) atoms. The lowest BCUT2D eigenvalue weighted by molar-refractivity contribution is 0.556. The summed E-state index contributed by atoms with van der Waals surface area (Å²) in [5, 5.41) is 0. The van der Waals surface area contributed by atoms with E-state index >= 15 is 0 Å². The summed E-state index contributed by atoms with van der Waals surface area (Å²) in [5.41, 5.74) is 0.782. The van der Waals surface area contributed by atoms with Crippen molar-refractivity contribution in [1.29, 1.82) is 0 Å². The Labute approximate surface area is 111 Å². The summed E-state index contributed by atoms with van der Waals surface area (Å²) in [7, 11) is -3.39. The molecule has 2 rings (SSSR count). The first-order chi connectivity index (χ1) is 8.00. The van der Waals surface area contributed by atoms with Crippen molar-refractivity contribution in [2.45, 2.75) is 42.0 Å². The van der Waals surface area contributed by atoms with Crippen molar-refractivity contribution < 1.29 is 8.42 Å². The second-order valence-electron chi connectivity index (χ2n) is 4.44. The summed E-state index contributed by atoms with van der Waals surface area (Å²) in [6.07, 6.45) is 3.00. The minimum Gasteiger partial charge on any atom is -0.207 e. The Hall–Kier alpha value is -0.390. The van der Waals surface area contributed by atoms with E-state index in [0.29, 0.717) is 4.90 Å². The predicted octanol–water partition coefficient (Wildman–Crippen LogP) is 2.59. The van der Waals surface area contributed by atoms with Gasteiger partial charge in [-0.05, 0) is 31.4 Å². The van der Waals surface area contributed by atoms with E-state index < -0.39 is 10.0 Å². The molecular formula is C12H16BrNO2S. The van der Waals surface area contributed by atoms with Gasteiger partial charge in [-0.3, -0.25) is 0 Å². The Balaban J connectivity index is 2.22. The van der Waals surface area contributed by atoms with Crippen LogP contribution in [-0.4, -0.2) is 19.3 Å². The van der Waals surface area contributed by atoms with Crippen molar-refractivity contribution in [3.8, 4) is 0 Å². The fraction of sp³-hybridized carbons (Fsp3) is 0.500. The van der Waals surface area contributed by atoms with Gasteiger partial charge in [0.05, 0.1) is 4.90 Å². The fourth-order valence-corrected chi connectivity index (χ4v) is 4.62. The molecule has 94 valence electrons. The first kappa shape index (κ1) is 13.1. The molecule has 0 aliphatic heterocycles. The van der Waals surface area contributed by atoms with E-state index in [2.05, 4.69) is 20.7 Å². The average molecular weight is 318 g/mol. The zero-order chi connectivity index (χ0) is 12.5. The van der Waals surface area contributed by atoms with Gasteiger partial charge in [0.25, 0.3) is 0 Å². The van der Waals surface area contributed by atoms with Crippen LogP contribution in [0.1, 0.15) is 24.8 Å². The van der Waals surface area contributed by atoms with Crippen LogP contribution in [0.25, 0.3) is 0 Å². The Morgan fingerprint density at radius 1 is 1.29 bits per heavy atom. The van der Waals surface area contributed by atoms with E-state index in [4.69, 9.17) is 0 Å². The maximum absolute atomic E-state index is 12.2. The standard InChI is InChI=1S/C12H16BrNO2S/c1-9-5-2-3-8-12(9)17(15,16)14-11-7-4-6-10(11)13/h2-3,5,8,10-11,14H,4,6-7H2,1H3. The molecule has 1 N–H and O–H groups in total. The number of halogens is 1. The third-order valence-electron chi connectivity index (χ3n) is 3.12. The second-order valence-corrected chi connectivity index (χ2v) is 7.30. The van der Waals surface area contributed by atoms with Crippen molar-refractivity contribution in [2.75, 3.05) is 0 Å². The molecule has 0 spiro atoms. The van der Waals surface area contributed by atoms with Crippen LogP contribution in [0.3, 0.4) is 0 Å². The van der Waals surface area contributed by atoms with Crippen molar-refractivity contribution >= 4 is 26.0 Å². The first-order valence-corrected chi connectivity index (χ1v) is 8.12. The summed E-state index contributed by atoms with van der Waals surface area (Å²) >= 11 is 3.52. The Morgan fingerprint density at radius 3 is 2.59 bits per heavy atom. The number of sulfonamides is 1. The quantitative estimate of drug-likeness (QED) is 0.871. The molecule has 0 bridgehead atoms. The van der Waals surface area contributed by atoms with Crippen LogP contribution < -0.4 is 4.72 Å². The third kappa shape index (κ3) is 2.89. The smallest absolute Gasteiger partial charge is 0.207 e. The van der Waals surface area contributed by atoms with E-state index in [-0.39, 0.29) is 10.9 Å². The lowest BCUT2D eigenvalue weighted by Crippen LogP contribution is -2.37. The van der Waals surface area contributed by atoms with E-state index in [0.717, 1.165) is 24.8 Å². The van der Waals surface area contributed by atoms with Gasteiger partial charge in [-0.2, -0.15) is 0 Å². The third-order valence-corrected chi connectivity index (χ3v) is 5.87. The number of benzene rings is 1. The predicted molar refractivity (Wildman–Crippen MR) is 71.9 cm³/mol. The highest BCUT2D eigenvalue weighted by Crippen LogP contribution is 2.27. The summed E-state index contributed by atoms with van der Waals surface area (Å²) in [6.45, 7) is 1.81. The Morgan fingerprint density at radius 2 is 2.00 bits per heavy atom. The van der Waals surface area contributed by atoms with E-state index in [1.807, 2.05) is 19.1 Å². The van der Waals surface area contributed by atoms with Gasteiger partial charge < -0.3 is 0 Å². The fourth-order valence-electron chi connectivity index (χ4n) is 2.17. The van der Waals surface area contributed by atoms with Crippen LogP contribution in [-0.2, 0) is 10.0 Å². The van der Waals surface area contributed by atoms with Crippen LogP contribution in [0.5, 0.6) is 0 Å². The van der Waals surface area contributed by atoms with E-state index in [9.17, 15) is 8.42 Å². The molecule has 0 heterocycles. The highest BCUT2D eigenvalue weighted by Gasteiger charge is 2.29. The normalized spacial score (nSPS) is 25.1. The molecule has 2 unspecified atom stereocenters. The van der Waals surface area contributed by atoms with Gasteiger partial charge >= 0.3 is 0 Å². The summed E-state index contributed by atoms with van der Waals surface area (Å²) < 4.78 is 27.2. The van der Waals surface area contributed by atoms with Gasteiger partial charge in [0, 0.05) is 10.9 Å². The molecule has 1 aromatic rings. The minimum absolute atomic E-state index is 0.0135. The number of nitrogens with one attached hydrogen (secondary N) is 1. The lowest BCUT2D eigenvalue weighted by Gasteiger charge is -2.17. The Bertz CT molecular complexity index is 501. The molecule has 0 saturated heterocycles. The SMILES string of the molecule is Cc1ccccc1S(=O)(=O)NC1CCCC1Br. The summed E-state index contributed by atoms with van der Waals surface area (Å²) in [4.78, 5) is 0.632. The van der Waals surface area contributed by atoms with Crippen LogP contribution in [0.15, 0.2) is 29.2 Å². The van der Waals surface area contributed by atoms with E-state index in [1.54, 1.807) is 12.1 Å². The monoisotopic (exact) mass is 317 g/mol. The van der Waals surface area contributed by atoms with Crippen molar-refractivity contribution in [3.63, 3.8) is 0 Å². The van der Waals surface area contributed by atoms with Gasteiger partial charge in [-0.15, -0.1) is 0 Å². The number of hydrogen-bond acceptors (Lipinski definition) is 2. The number of alkyl halides is 1. The molecule has 1 aliphatic carbocycles. The molecule has 5 heteroatoms. The topological polar surface area (TPSA) is 46.2 Å². The molecule has 1 aromatic carbocycles. The summed E-state index contributed by atoms with van der Waals surface area (Å²) in [6, 6.07) is 7.07. The molecular weight excluding hydrogens is 302 g/mol. The van der Waals surface area contributed by atoms with Gasteiger partial charge in [0.2, 0.25) is 10.0 Å². The van der Waals surface area contributed by atoms with Crippen LogP contribution in [0, 0.1) is 6.92 Å². The van der Waals surface area contributed by atoms with E-state index in [1.165, 1.54) is 0 Å². The maximum atomic E-state index is 12.2. The second kappa shape index (κ2) is 5.08. The first-order valence-electron chi connectivity index (χ1n) is 5.73. The molecule has 1 fully saturated rings. The van der Waals surface area contributed by atoms with Crippen LogP contribution in [0.2, 0.25) is 0 Å². The minimum atomic E-state index is -3.39. The van der Waals surface area contributed by atoms with Gasteiger partial charge in [-0.25, -0.2) is 13.1 Å². The molecule has 1 saturated carbocycles. The average Bonchev–Trinajstić information content (AvgIpc) is 2.64. The number of hydrogen-bond donors (Lipinski definition) is 1. The highest BCUT2D eigenvalue weighted by molar-refractivity contribution is 9.09. The van der Waals surface area contributed by atoms with Crippen molar-refractivity contribution in [2.24, 2.45) is 0 Å². The molecule has 0 radical (unpaired) electrons. The zero-order valence-electron chi connectivity index (χ0n) is 9.69. The van der Waals surface area contributed by atoms with Gasteiger partial charge in [0.1, 0.15) is 0 Å². The lowest BCUT2D eigenvalue weighted by atomic mass is 10.2. The number of rotatable bonds is 3. The molecule has 2 atom stereocenters. The van der Waals surface area contributed by atoms with Crippen molar-refractivity contribution in [3.05, 3.63) is 29.8 Å². The molecule has 0 amide bonds. The van der Waals surface area contributed by atoms with Crippen LogP contribution in [0.4, 0.5) is 0 Å². The maximum Gasteiger partial charge on any atom is 0.241 e. The van der Waals surface area contributed by atoms with Gasteiger partial charge in [-0.1, -0.05) is 40.5 Å².